The third kappa shape index (κ3) is 5.38. The van der Waals surface area contributed by atoms with Gasteiger partial charge < -0.3 is 30.2 Å². The largest absolute Gasteiger partial charge is 0.495 e. The average molecular weight is 474 g/mol. The molecule has 1 heterocycles. The van der Waals surface area contributed by atoms with Gasteiger partial charge in [-0.15, -0.1) is 0 Å². The van der Waals surface area contributed by atoms with Crippen LogP contribution in [-0.2, 0) is 11.4 Å². The van der Waals surface area contributed by atoms with Gasteiger partial charge in [0.15, 0.2) is 11.5 Å². The number of anilines is 1. The minimum atomic E-state index is -0.699. The minimum Gasteiger partial charge on any atom is -0.495 e. The molecule has 35 heavy (non-hydrogen) atoms. The fourth-order valence-corrected chi connectivity index (χ4v) is 3.90. The summed E-state index contributed by atoms with van der Waals surface area (Å²) in [6.45, 7) is 2.07. The van der Waals surface area contributed by atoms with Crippen LogP contribution in [0.1, 0.15) is 24.1 Å². The normalized spacial score (nSPS) is 15.1. The number of allylic oxidation sites excluding steroid dienone is 1. The van der Waals surface area contributed by atoms with Gasteiger partial charge in [-0.25, -0.2) is 4.79 Å². The summed E-state index contributed by atoms with van der Waals surface area (Å²) < 4.78 is 16.8. The van der Waals surface area contributed by atoms with Crippen LogP contribution in [0.2, 0.25) is 0 Å². The highest BCUT2D eigenvalue weighted by molar-refractivity contribution is 6.07. The highest BCUT2D eigenvalue weighted by Gasteiger charge is 2.32. The number of carbonyl (C=O) groups is 2. The molecule has 1 atom stereocenters. The monoisotopic (exact) mass is 473 g/mol. The van der Waals surface area contributed by atoms with E-state index in [9.17, 15) is 9.59 Å². The Morgan fingerprint density at radius 2 is 1.63 bits per heavy atom. The van der Waals surface area contributed by atoms with Crippen LogP contribution in [0.15, 0.2) is 84.1 Å². The topological polar surface area (TPSA) is 97.9 Å². The highest BCUT2D eigenvalue weighted by Crippen LogP contribution is 2.35. The second-order valence-corrected chi connectivity index (χ2v) is 7.91. The smallest absolute Gasteiger partial charge is 0.319 e. The summed E-state index contributed by atoms with van der Waals surface area (Å²) in [5.41, 5.74) is 3.05. The van der Waals surface area contributed by atoms with Crippen molar-refractivity contribution in [1.29, 1.82) is 0 Å². The summed E-state index contributed by atoms with van der Waals surface area (Å²) in [6.07, 6.45) is 0. The van der Waals surface area contributed by atoms with Crippen molar-refractivity contribution >= 4 is 17.6 Å². The van der Waals surface area contributed by atoms with Gasteiger partial charge in [0.2, 0.25) is 0 Å². The molecule has 0 fully saturated rings. The molecule has 0 aromatic heterocycles. The second-order valence-electron chi connectivity index (χ2n) is 7.91. The van der Waals surface area contributed by atoms with E-state index in [1.165, 1.54) is 7.11 Å². The molecule has 0 saturated heterocycles. The molecule has 0 unspecified atom stereocenters. The summed E-state index contributed by atoms with van der Waals surface area (Å²) in [7, 11) is 3.08. The average Bonchev–Trinajstić information content (AvgIpc) is 2.87. The van der Waals surface area contributed by atoms with Gasteiger partial charge in [0.1, 0.15) is 12.4 Å². The van der Waals surface area contributed by atoms with E-state index in [0.29, 0.717) is 46.4 Å². The number of rotatable bonds is 8. The summed E-state index contributed by atoms with van der Waals surface area (Å²) >= 11 is 0. The lowest BCUT2D eigenvalue weighted by atomic mass is 9.94. The van der Waals surface area contributed by atoms with Crippen molar-refractivity contribution in [2.24, 2.45) is 0 Å². The Hall–Kier alpha value is -4.46. The van der Waals surface area contributed by atoms with Crippen molar-refractivity contribution in [3.63, 3.8) is 0 Å². The number of benzene rings is 3. The Morgan fingerprint density at radius 3 is 2.37 bits per heavy atom. The van der Waals surface area contributed by atoms with Crippen LogP contribution < -0.4 is 30.2 Å². The molecule has 1 aliphatic rings. The zero-order valence-electron chi connectivity index (χ0n) is 19.8. The number of methoxy groups -OCH3 is 2. The SMILES string of the molecule is COc1ccccc1NC(=O)C1=C(C)NC(=O)N[C@H]1c1ccc(OCc2ccccc2)c(OC)c1. The van der Waals surface area contributed by atoms with Gasteiger partial charge in [-0.05, 0) is 42.3 Å². The number of ether oxygens (including phenoxy) is 3. The van der Waals surface area contributed by atoms with Crippen LogP contribution in [-0.4, -0.2) is 26.2 Å². The minimum absolute atomic E-state index is 0.368. The number of carbonyl (C=O) groups excluding carboxylic acids is 2. The van der Waals surface area contributed by atoms with E-state index in [0.717, 1.165) is 5.56 Å². The van der Waals surface area contributed by atoms with Crippen LogP contribution in [0.3, 0.4) is 0 Å². The number of hydrogen-bond donors (Lipinski definition) is 3. The quantitative estimate of drug-likeness (QED) is 0.446. The highest BCUT2D eigenvalue weighted by atomic mass is 16.5. The Balaban J connectivity index is 1.61. The molecule has 4 rings (SSSR count). The van der Waals surface area contributed by atoms with Crippen molar-refractivity contribution in [3.05, 3.63) is 95.2 Å². The molecule has 8 nitrogen and oxygen atoms in total. The molecule has 3 N–H and O–H groups in total. The fourth-order valence-electron chi connectivity index (χ4n) is 3.90. The lowest BCUT2D eigenvalue weighted by Crippen LogP contribution is -2.46. The zero-order valence-corrected chi connectivity index (χ0v) is 19.8. The van der Waals surface area contributed by atoms with Crippen molar-refractivity contribution in [2.75, 3.05) is 19.5 Å². The molecule has 3 amide bonds. The number of para-hydroxylation sites is 2. The Bertz CT molecular complexity index is 1260. The fraction of sp³-hybridized carbons (Fsp3) is 0.185. The molecule has 0 bridgehead atoms. The molecule has 8 heteroatoms. The summed E-state index contributed by atoms with van der Waals surface area (Å²) in [5, 5.41) is 8.41. The van der Waals surface area contributed by atoms with E-state index in [1.807, 2.05) is 42.5 Å². The van der Waals surface area contributed by atoms with Crippen LogP contribution in [0.4, 0.5) is 10.5 Å². The van der Waals surface area contributed by atoms with Gasteiger partial charge >= 0.3 is 6.03 Å². The third-order valence-corrected chi connectivity index (χ3v) is 5.63. The third-order valence-electron chi connectivity index (χ3n) is 5.63. The molecule has 0 radical (unpaired) electrons. The van der Waals surface area contributed by atoms with Gasteiger partial charge in [0.25, 0.3) is 5.91 Å². The molecular formula is C27H27N3O5. The van der Waals surface area contributed by atoms with Crippen LogP contribution in [0.5, 0.6) is 17.2 Å². The van der Waals surface area contributed by atoms with Crippen LogP contribution >= 0.6 is 0 Å². The lowest BCUT2D eigenvalue weighted by Gasteiger charge is -2.29. The maximum Gasteiger partial charge on any atom is 0.319 e. The van der Waals surface area contributed by atoms with Gasteiger partial charge in [-0.2, -0.15) is 0 Å². The van der Waals surface area contributed by atoms with Gasteiger partial charge in [0, 0.05) is 5.70 Å². The molecule has 0 spiro atoms. The van der Waals surface area contributed by atoms with Crippen molar-refractivity contribution < 1.29 is 23.8 Å². The molecule has 3 aromatic rings. The number of amides is 3. The Labute approximate surface area is 203 Å². The van der Waals surface area contributed by atoms with E-state index in [1.54, 1.807) is 44.4 Å². The van der Waals surface area contributed by atoms with E-state index in [-0.39, 0.29) is 5.91 Å². The maximum absolute atomic E-state index is 13.3. The predicted octanol–water partition coefficient (Wildman–Crippen LogP) is 4.55. The molecule has 0 saturated carbocycles. The van der Waals surface area contributed by atoms with Gasteiger partial charge in [0.05, 0.1) is 31.5 Å². The summed E-state index contributed by atoms with van der Waals surface area (Å²) in [6, 6.07) is 21.2. The standard InChI is InChI=1S/C27H27N3O5/c1-17-24(26(31)29-20-11-7-8-12-21(20)33-2)25(30-27(32)28-17)19-13-14-22(23(15-19)34-3)35-16-18-9-5-4-6-10-18/h4-15,25H,16H2,1-3H3,(H,29,31)(H2,28,30,32)/t25-/m0/s1. The van der Waals surface area contributed by atoms with E-state index >= 15 is 0 Å². The van der Waals surface area contributed by atoms with E-state index in [2.05, 4.69) is 16.0 Å². The zero-order chi connectivity index (χ0) is 24.8. The first-order valence-corrected chi connectivity index (χ1v) is 11.1. The molecule has 3 aromatic carbocycles. The maximum atomic E-state index is 13.3. The first-order chi connectivity index (χ1) is 17.0. The molecule has 180 valence electrons. The van der Waals surface area contributed by atoms with Gasteiger partial charge in [-0.1, -0.05) is 48.5 Å². The molecule has 0 aliphatic carbocycles. The first-order valence-electron chi connectivity index (χ1n) is 11.1. The Morgan fingerprint density at radius 1 is 0.914 bits per heavy atom. The molecule has 1 aliphatic heterocycles. The molecular weight excluding hydrogens is 446 g/mol. The van der Waals surface area contributed by atoms with Crippen molar-refractivity contribution in [1.82, 2.24) is 10.6 Å². The van der Waals surface area contributed by atoms with Crippen molar-refractivity contribution in [2.45, 2.75) is 19.6 Å². The summed E-state index contributed by atoms with van der Waals surface area (Å²) in [4.78, 5) is 25.6. The van der Waals surface area contributed by atoms with Crippen LogP contribution in [0.25, 0.3) is 0 Å². The van der Waals surface area contributed by atoms with Crippen LogP contribution in [0, 0.1) is 0 Å². The first kappa shape index (κ1) is 23.7. The second kappa shape index (κ2) is 10.6. The van der Waals surface area contributed by atoms with Crippen molar-refractivity contribution in [3.8, 4) is 17.2 Å². The van der Waals surface area contributed by atoms with E-state index < -0.39 is 12.1 Å². The number of nitrogens with one attached hydrogen (secondary N) is 3. The predicted molar refractivity (Wildman–Crippen MR) is 133 cm³/mol. The number of urea groups is 1. The Kier molecular flexibility index (Phi) is 7.21. The lowest BCUT2D eigenvalue weighted by molar-refractivity contribution is -0.113. The summed E-state index contributed by atoms with van der Waals surface area (Å²) in [5.74, 6) is 1.22. The van der Waals surface area contributed by atoms with Gasteiger partial charge in [-0.3, -0.25) is 4.79 Å². The number of hydrogen-bond acceptors (Lipinski definition) is 5. The van der Waals surface area contributed by atoms with E-state index in [4.69, 9.17) is 14.2 Å².